The van der Waals surface area contributed by atoms with Crippen molar-refractivity contribution in [3.63, 3.8) is 0 Å². The first-order valence-electron chi connectivity index (χ1n) is 11.3. The summed E-state index contributed by atoms with van der Waals surface area (Å²) >= 11 is 0. The van der Waals surface area contributed by atoms with Crippen molar-refractivity contribution in [1.29, 1.82) is 0 Å². The SMILES string of the molecule is Cc1ccc(S(=O)(=O)c2n[nH]n3c2nc(=O)c2ccc(N4CCC(N(C)C)CC4)cc23)c(C)c1. The molecule has 1 fully saturated rings. The number of nitrogens with one attached hydrogen (secondary N) is 1. The molecule has 0 saturated carbocycles. The number of hydrogen-bond donors (Lipinski definition) is 1. The van der Waals surface area contributed by atoms with Crippen LogP contribution in [0.5, 0.6) is 0 Å². The number of nitrogens with zero attached hydrogens (tertiary/aromatic N) is 5. The molecule has 0 radical (unpaired) electrons. The fraction of sp³-hybridized carbons (Fsp3) is 0.375. The van der Waals surface area contributed by atoms with Crippen molar-refractivity contribution in [3.05, 3.63) is 57.9 Å². The molecule has 9 nitrogen and oxygen atoms in total. The normalized spacial score (nSPS) is 15.6. The highest BCUT2D eigenvalue weighted by Crippen LogP contribution is 2.28. The summed E-state index contributed by atoms with van der Waals surface area (Å²) in [5.74, 6) is 0. The molecule has 1 aliphatic rings. The van der Waals surface area contributed by atoms with Gasteiger partial charge in [-0.15, -0.1) is 5.10 Å². The van der Waals surface area contributed by atoms with E-state index in [9.17, 15) is 13.2 Å². The molecule has 178 valence electrons. The summed E-state index contributed by atoms with van der Waals surface area (Å²) in [7, 11) is 0.232. The fourth-order valence-corrected chi connectivity index (χ4v) is 6.30. The zero-order chi connectivity index (χ0) is 24.2. The van der Waals surface area contributed by atoms with Gasteiger partial charge in [0.2, 0.25) is 14.9 Å². The van der Waals surface area contributed by atoms with Crippen molar-refractivity contribution >= 4 is 32.1 Å². The van der Waals surface area contributed by atoms with Crippen LogP contribution in [0.25, 0.3) is 16.6 Å². The molecule has 2 aromatic heterocycles. The molecule has 0 unspecified atom stereocenters. The highest BCUT2D eigenvalue weighted by atomic mass is 32.2. The molecule has 34 heavy (non-hydrogen) atoms. The minimum absolute atomic E-state index is 0.000871. The Morgan fingerprint density at radius 1 is 1.06 bits per heavy atom. The summed E-state index contributed by atoms with van der Waals surface area (Å²) in [6.45, 7) is 5.47. The smallest absolute Gasteiger partial charge is 0.281 e. The van der Waals surface area contributed by atoms with Crippen LogP contribution >= 0.6 is 0 Å². The van der Waals surface area contributed by atoms with Crippen LogP contribution in [0.3, 0.4) is 0 Å². The van der Waals surface area contributed by atoms with Crippen LogP contribution < -0.4 is 10.5 Å². The highest BCUT2D eigenvalue weighted by Gasteiger charge is 2.28. The number of sulfone groups is 1. The van der Waals surface area contributed by atoms with E-state index in [-0.39, 0.29) is 15.6 Å². The van der Waals surface area contributed by atoms with Crippen molar-refractivity contribution in [3.8, 4) is 0 Å². The minimum atomic E-state index is -3.98. The standard InChI is InChI=1S/C24H28N6O3S/c1-15-5-8-21(16(2)13-15)34(32,33)24-22-25-23(31)19-7-6-18(14-20(19)30(22)27-26-24)29-11-9-17(10-12-29)28(3)4/h5-8,13-14,17,27H,9-12H2,1-4H3. The molecule has 2 aromatic carbocycles. The summed E-state index contributed by atoms with van der Waals surface area (Å²) in [6.07, 6.45) is 2.11. The van der Waals surface area contributed by atoms with Gasteiger partial charge >= 0.3 is 0 Å². The molecule has 0 spiro atoms. The zero-order valence-corrected chi connectivity index (χ0v) is 20.6. The van der Waals surface area contributed by atoms with Gasteiger partial charge < -0.3 is 9.80 Å². The maximum atomic E-state index is 13.4. The van der Waals surface area contributed by atoms with Gasteiger partial charge in [0.1, 0.15) is 0 Å². The van der Waals surface area contributed by atoms with E-state index >= 15 is 0 Å². The highest BCUT2D eigenvalue weighted by molar-refractivity contribution is 7.91. The van der Waals surface area contributed by atoms with E-state index in [2.05, 4.69) is 39.2 Å². The molecule has 10 heteroatoms. The molecule has 0 aliphatic carbocycles. The quantitative estimate of drug-likeness (QED) is 0.479. The topological polar surface area (TPSA) is 104 Å². The van der Waals surface area contributed by atoms with Crippen molar-refractivity contribution < 1.29 is 8.42 Å². The molecule has 5 rings (SSSR count). The van der Waals surface area contributed by atoms with E-state index in [0.29, 0.717) is 22.5 Å². The summed E-state index contributed by atoms with van der Waals surface area (Å²) in [6, 6.07) is 11.3. The lowest BCUT2D eigenvalue weighted by atomic mass is 10.0. The lowest BCUT2D eigenvalue weighted by molar-refractivity contribution is 0.249. The first-order valence-corrected chi connectivity index (χ1v) is 12.8. The summed E-state index contributed by atoms with van der Waals surface area (Å²) in [4.78, 5) is 21.6. The monoisotopic (exact) mass is 480 g/mol. The number of rotatable bonds is 4. The Morgan fingerprint density at radius 3 is 2.47 bits per heavy atom. The molecule has 4 aromatic rings. The maximum absolute atomic E-state index is 13.4. The Labute approximate surface area is 197 Å². The first kappa shape index (κ1) is 22.5. The average Bonchev–Trinajstić information content (AvgIpc) is 3.23. The van der Waals surface area contributed by atoms with Crippen LogP contribution in [-0.2, 0) is 9.84 Å². The molecule has 1 aliphatic heterocycles. The average molecular weight is 481 g/mol. The molecule has 1 saturated heterocycles. The number of aromatic nitrogens is 4. The van der Waals surface area contributed by atoms with Crippen molar-refractivity contribution in [1.82, 2.24) is 24.7 Å². The molecule has 0 amide bonds. The Bertz CT molecular complexity index is 1560. The number of H-pyrrole nitrogens is 1. The summed E-state index contributed by atoms with van der Waals surface area (Å²) < 4.78 is 28.4. The Kier molecular flexibility index (Phi) is 5.44. The second-order valence-corrected chi connectivity index (χ2v) is 11.1. The van der Waals surface area contributed by atoms with E-state index in [1.165, 1.54) is 4.52 Å². The third kappa shape index (κ3) is 3.67. The van der Waals surface area contributed by atoms with E-state index in [1.54, 1.807) is 25.1 Å². The van der Waals surface area contributed by atoms with Gasteiger partial charge in [-0.1, -0.05) is 17.7 Å². The Morgan fingerprint density at radius 2 is 1.79 bits per heavy atom. The van der Waals surface area contributed by atoms with Crippen LogP contribution in [-0.4, -0.2) is 66.4 Å². The van der Waals surface area contributed by atoms with Gasteiger partial charge in [0, 0.05) is 24.8 Å². The van der Waals surface area contributed by atoms with E-state index in [1.807, 2.05) is 25.1 Å². The zero-order valence-electron chi connectivity index (χ0n) is 19.7. The van der Waals surface area contributed by atoms with Crippen molar-refractivity contribution in [2.75, 3.05) is 32.1 Å². The summed E-state index contributed by atoms with van der Waals surface area (Å²) in [5, 5.41) is 7.03. The Hall–Kier alpha value is -3.24. The summed E-state index contributed by atoms with van der Waals surface area (Å²) in [5.41, 5.74) is 2.64. The number of anilines is 1. The van der Waals surface area contributed by atoms with Crippen molar-refractivity contribution in [2.45, 2.75) is 42.7 Å². The predicted molar refractivity (Wildman–Crippen MR) is 131 cm³/mol. The molecular formula is C24H28N6O3S. The van der Waals surface area contributed by atoms with Gasteiger partial charge in [-0.2, -0.15) is 4.98 Å². The third-order valence-electron chi connectivity index (χ3n) is 6.75. The molecule has 3 heterocycles. The number of piperidine rings is 1. The van der Waals surface area contributed by atoms with Gasteiger partial charge in [-0.05, 0) is 70.6 Å². The fourth-order valence-electron chi connectivity index (χ4n) is 4.82. The van der Waals surface area contributed by atoms with Gasteiger partial charge in [0.15, 0.2) is 5.65 Å². The molecule has 1 N–H and O–H groups in total. The van der Waals surface area contributed by atoms with Gasteiger partial charge in [-0.3, -0.25) is 4.79 Å². The molecular weight excluding hydrogens is 452 g/mol. The second kappa shape index (κ2) is 8.21. The van der Waals surface area contributed by atoms with Crippen LogP contribution in [0.4, 0.5) is 5.69 Å². The number of hydrogen-bond acceptors (Lipinski definition) is 7. The molecule has 0 bridgehead atoms. The number of aromatic amines is 1. The van der Waals surface area contributed by atoms with Gasteiger partial charge in [0.25, 0.3) is 5.56 Å². The van der Waals surface area contributed by atoms with Crippen LogP contribution in [0.2, 0.25) is 0 Å². The van der Waals surface area contributed by atoms with Crippen LogP contribution in [0.1, 0.15) is 24.0 Å². The van der Waals surface area contributed by atoms with Crippen LogP contribution in [0, 0.1) is 13.8 Å². The lowest BCUT2D eigenvalue weighted by Crippen LogP contribution is -2.42. The molecule has 0 atom stereocenters. The third-order valence-corrected chi connectivity index (χ3v) is 8.57. The van der Waals surface area contributed by atoms with E-state index in [4.69, 9.17) is 0 Å². The first-order chi connectivity index (χ1) is 16.2. The maximum Gasteiger partial charge on any atom is 0.281 e. The van der Waals surface area contributed by atoms with E-state index in [0.717, 1.165) is 37.2 Å². The van der Waals surface area contributed by atoms with E-state index < -0.39 is 15.4 Å². The largest absolute Gasteiger partial charge is 0.371 e. The number of benzene rings is 2. The van der Waals surface area contributed by atoms with Gasteiger partial charge in [0.05, 0.1) is 15.8 Å². The Balaban J connectivity index is 1.61. The lowest BCUT2D eigenvalue weighted by Gasteiger charge is -2.36. The number of aryl methyl sites for hydroxylation is 2. The predicted octanol–water partition coefficient (Wildman–Crippen LogP) is 2.55. The number of fused-ring (bicyclic) bond motifs is 3. The van der Waals surface area contributed by atoms with Crippen LogP contribution in [0.15, 0.2) is 51.1 Å². The second-order valence-electron chi connectivity index (χ2n) is 9.25. The van der Waals surface area contributed by atoms with Gasteiger partial charge in [-0.25, -0.2) is 18.1 Å². The van der Waals surface area contributed by atoms with Crippen molar-refractivity contribution in [2.24, 2.45) is 0 Å². The minimum Gasteiger partial charge on any atom is -0.371 e.